The van der Waals surface area contributed by atoms with Crippen molar-refractivity contribution in [3.63, 3.8) is 0 Å². The lowest BCUT2D eigenvalue weighted by molar-refractivity contribution is 0.267. The molecule has 0 amide bonds. The molecule has 0 aliphatic heterocycles. The Balaban J connectivity index is 3.10. The lowest BCUT2D eigenvalue weighted by atomic mass is 10.1. The number of aryl methyl sites for hydroxylation is 1. The second-order valence-electron chi connectivity index (χ2n) is 2.71. The summed E-state index contributed by atoms with van der Waals surface area (Å²) in [6, 6.07) is 2.80. The molecule has 0 bridgehead atoms. The molecule has 0 aliphatic carbocycles. The fraction of sp³-hybridized carbons (Fsp3) is 0.375. The summed E-state index contributed by atoms with van der Waals surface area (Å²) >= 11 is 0. The van der Waals surface area contributed by atoms with Crippen LogP contribution in [0.15, 0.2) is 16.9 Å². The highest BCUT2D eigenvalue weighted by atomic mass is 16.3. The van der Waals surface area contributed by atoms with Crippen LogP contribution in [-0.4, -0.2) is 16.7 Å². The van der Waals surface area contributed by atoms with Gasteiger partial charge in [0.15, 0.2) is 0 Å². The van der Waals surface area contributed by atoms with Crippen molar-refractivity contribution in [2.45, 2.75) is 13.0 Å². The number of nitrogens with two attached hydrogens (primary N) is 1. The Bertz CT molecular complexity index is 319. The van der Waals surface area contributed by atoms with Crippen molar-refractivity contribution in [1.29, 1.82) is 0 Å². The predicted molar refractivity (Wildman–Crippen MR) is 45.8 cm³/mol. The molecule has 0 fully saturated rings. The number of hydrogen-bond acceptors (Lipinski definition) is 3. The molecule has 1 heterocycles. The minimum Gasteiger partial charge on any atom is -0.394 e. The molecule has 1 aromatic heterocycles. The van der Waals surface area contributed by atoms with E-state index in [2.05, 4.69) is 4.98 Å². The number of pyridine rings is 1. The van der Waals surface area contributed by atoms with Crippen LogP contribution in [-0.2, 0) is 0 Å². The first-order valence-electron chi connectivity index (χ1n) is 3.71. The number of aromatic nitrogens is 1. The highest BCUT2D eigenvalue weighted by Crippen LogP contribution is 2.02. The Morgan fingerprint density at radius 3 is 2.83 bits per heavy atom. The third-order valence-electron chi connectivity index (χ3n) is 1.68. The van der Waals surface area contributed by atoms with Crippen LogP contribution < -0.4 is 11.3 Å². The molecule has 0 unspecified atom stereocenters. The molecule has 12 heavy (non-hydrogen) atoms. The standard InChI is InChI=1S/C8H12N2O2/c1-5-2-3-6(7(9)4-11)8(12)10-5/h2-3,7,11H,4,9H2,1H3,(H,10,12)/t7-/m0/s1. The fourth-order valence-corrected chi connectivity index (χ4v) is 0.974. The van der Waals surface area contributed by atoms with Crippen molar-refractivity contribution in [1.82, 2.24) is 4.98 Å². The molecule has 0 spiro atoms. The maximum atomic E-state index is 11.2. The summed E-state index contributed by atoms with van der Waals surface area (Å²) in [7, 11) is 0. The molecule has 4 nitrogen and oxygen atoms in total. The van der Waals surface area contributed by atoms with Gasteiger partial charge in [0.2, 0.25) is 0 Å². The number of H-pyrrole nitrogens is 1. The second kappa shape index (κ2) is 3.51. The Morgan fingerprint density at radius 2 is 2.33 bits per heavy atom. The van der Waals surface area contributed by atoms with Gasteiger partial charge in [0.05, 0.1) is 12.6 Å². The number of rotatable bonds is 2. The summed E-state index contributed by atoms with van der Waals surface area (Å²) in [4.78, 5) is 13.8. The average molecular weight is 168 g/mol. The van der Waals surface area contributed by atoms with Crippen LogP contribution in [0.3, 0.4) is 0 Å². The minimum atomic E-state index is -0.589. The third-order valence-corrected chi connectivity index (χ3v) is 1.68. The summed E-state index contributed by atoms with van der Waals surface area (Å²) in [6.07, 6.45) is 0. The molecule has 1 rings (SSSR count). The Morgan fingerprint density at radius 1 is 1.67 bits per heavy atom. The second-order valence-corrected chi connectivity index (χ2v) is 2.71. The van der Waals surface area contributed by atoms with Gasteiger partial charge in [-0.25, -0.2) is 0 Å². The summed E-state index contributed by atoms with van der Waals surface area (Å²) < 4.78 is 0. The van der Waals surface area contributed by atoms with E-state index in [4.69, 9.17) is 10.8 Å². The molecular formula is C8H12N2O2. The normalized spacial score (nSPS) is 12.9. The summed E-state index contributed by atoms with van der Waals surface area (Å²) in [6.45, 7) is 1.57. The van der Waals surface area contributed by atoms with Gasteiger partial charge in [-0.1, -0.05) is 6.07 Å². The first-order valence-corrected chi connectivity index (χ1v) is 3.71. The highest BCUT2D eigenvalue weighted by Gasteiger charge is 2.07. The highest BCUT2D eigenvalue weighted by molar-refractivity contribution is 5.16. The topological polar surface area (TPSA) is 79.1 Å². The Kier molecular flexibility index (Phi) is 2.62. The number of aliphatic hydroxyl groups is 1. The molecule has 1 aromatic rings. The van der Waals surface area contributed by atoms with E-state index in [0.717, 1.165) is 5.69 Å². The van der Waals surface area contributed by atoms with Gasteiger partial charge < -0.3 is 15.8 Å². The largest absolute Gasteiger partial charge is 0.394 e. The summed E-state index contributed by atoms with van der Waals surface area (Å²) in [5.74, 6) is 0. The quantitative estimate of drug-likeness (QED) is 0.566. The number of aromatic amines is 1. The molecular weight excluding hydrogens is 156 g/mol. The molecule has 0 aromatic carbocycles. The molecule has 0 aliphatic rings. The van der Waals surface area contributed by atoms with Crippen LogP contribution in [0.4, 0.5) is 0 Å². The van der Waals surface area contributed by atoms with Crippen molar-refractivity contribution in [3.05, 3.63) is 33.7 Å². The number of hydrogen-bond donors (Lipinski definition) is 3. The smallest absolute Gasteiger partial charge is 0.253 e. The number of aliphatic hydroxyl groups excluding tert-OH is 1. The summed E-state index contributed by atoms with van der Waals surface area (Å²) in [5, 5.41) is 8.70. The van der Waals surface area contributed by atoms with Crippen molar-refractivity contribution in [2.75, 3.05) is 6.61 Å². The van der Waals surface area contributed by atoms with E-state index in [1.807, 2.05) is 0 Å². The lowest BCUT2D eigenvalue weighted by Crippen LogP contribution is -2.24. The first-order chi connectivity index (χ1) is 5.65. The first kappa shape index (κ1) is 8.96. The van der Waals surface area contributed by atoms with Gasteiger partial charge in [-0.05, 0) is 13.0 Å². The minimum absolute atomic E-state index is 0.216. The third kappa shape index (κ3) is 1.72. The zero-order valence-electron chi connectivity index (χ0n) is 6.87. The van der Waals surface area contributed by atoms with Crippen LogP contribution in [0.2, 0.25) is 0 Å². The van der Waals surface area contributed by atoms with Gasteiger partial charge in [0, 0.05) is 11.3 Å². The molecule has 4 N–H and O–H groups in total. The van der Waals surface area contributed by atoms with Crippen LogP contribution >= 0.6 is 0 Å². The van der Waals surface area contributed by atoms with Gasteiger partial charge in [-0.15, -0.1) is 0 Å². The maximum absolute atomic E-state index is 11.2. The van der Waals surface area contributed by atoms with Crippen molar-refractivity contribution >= 4 is 0 Å². The molecule has 0 saturated heterocycles. The zero-order valence-corrected chi connectivity index (χ0v) is 6.87. The lowest BCUT2D eigenvalue weighted by Gasteiger charge is -2.06. The van der Waals surface area contributed by atoms with E-state index in [1.54, 1.807) is 19.1 Å². The monoisotopic (exact) mass is 168 g/mol. The SMILES string of the molecule is Cc1ccc([C@@H](N)CO)c(=O)[nH]1. The van der Waals surface area contributed by atoms with Gasteiger partial charge in [0.25, 0.3) is 5.56 Å². The molecule has 66 valence electrons. The zero-order chi connectivity index (χ0) is 9.14. The Labute approximate surface area is 70.0 Å². The van der Waals surface area contributed by atoms with Crippen molar-refractivity contribution < 1.29 is 5.11 Å². The van der Waals surface area contributed by atoms with Crippen molar-refractivity contribution in [2.24, 2.45) is 5.73 Å². The van der Waals surface area contributed by atoms with Crippen LogP contribution in [0.5, 0.6) is 0 Å². The van der Waals surface area contributed by atoms with Gasteiger partial charge in [-0.3, -0.25) is 4.79 Å². The van der Waals surface area contributed by atoms with E-state index >= 15 is 0 Å². The van der Waals surface area contributed by atoms with E-state index in [9.17, 15) is 4.79 Å². The van der Waals surface area contributed by atoms with E-state index in [-0.39, 0.29) is 12.2 Å². The van der Waals surface area contributed by atoms with Crippen molar-refractivity contribution in [3.8, 4) is 0 Å². The van der Waals surface area contributed by atoms with Gasteiger partial charge in [0.1, 0.15) is 0 Å². The van der Waals surface area contributed by atoms with Crippen LogP contribution in [0.25, 0.3) is 0 Å². The average Bonchev–Trinajstić information content (AvgIpc) is 2.03. The van der Waals surface area contributed by atoms with Crippen LogP contribution in [0.1, 0.15) is 17.3 Å². The molecule has 4 heteroatoms. The van der Waals surface area contributed by atoms with Gasteiger partial charge >= 0.3 is 0 Å². The number of nitrogens with one attached hydrogen (secondary N) is 1. The maximum Gasteiger partial charge on any atom is 0.253 e. The van der Waals surface area contributed by atoms with Gasteiger partial charge in [-0.2, -0.15) is 0 Å². The van der Waals surface area contributed by atoms with E-state index in [1.165, 1.54) is 0 Å². The van der Waals surface area contributed by atoms with E-state index in [0.29, 0.717) is 5.56 Å². The Hall–Kier alpha value is -1.13. The predicted octanol–water partition coefficient (Wildman–Crippen LogP) is -0.325. The van der Waals surface area contributed by atoms with E-state index < -0.39 is 6.04 Å². The molecule has 0 saturated carbocycles. The summed E-state index contributed by atoms with van der Waals surface area (Å²) in [5.41, 5.74) is 6.46. The molecule has 1 atom stereocenters. The fourth-order valence-electron chi connectivity index (χ4n) is 0.974. The molecule has 0 radical (unpaired) electrons. The van der Waals surface area contributed by atoms with Crippen LogP contribution in [0, 0.1) is 6.92 Å².